The molecule has 0 saturated carbocycles. The van der Waals surface area contributed by atoms with Gasteiger partial charge >= 0.3 is 0 Å². The van der Waals surface area contributed by atoms with Crippen molar-refractivity contribution in [3.8, 4) is 0 Å². The number of nitrogens with zero attached hydrogens (tertiary/aromatic N) is 1. The first-order chi connectivity index (χ1) is 11.1. The van der Waals surface area contributed by atoms with Gasteiger partial charge in [-0.25, -0.2) is 0 Å². The SMILES string of the molecule is O=C1NC(=NC(=O)c2ccccc2)S/C1=C\c1cccc(Br)c1. The number of aliphatic imine (C=N–C) groups is 1. The second kappa shape index (κ2) is 6.93. The summed E-state index contributed by atoms with van der Waals surface area (Å²) in [7, 11) is 0. The summed E-state index contributed by atoms with van der Waals surface area (Å²) in [6.45, 7) is 0. The van der Waals surface area contributed by atoms with Crippen molar-refractivity contribution in [2.24, 2.45) is 4.99 Å². The van der Waals surface area contributed by atoms with Crippen LogP contribution in [0.4, 0.5) is 0 Å². The predicted octanol–water partition coefficient (Wildman–Crippen LogP) is 3.85. The average Bonchev–Trinajstić information content (AvgIpc) is 2.87. The molecule has 2 amide bonds. The molecule has 0 atom stereocenters. The Morgan fingerprint density at radius 3 is 2.65 bits per heavy atom. The summed E-state index contributed by atoms with van der Waals surface area (Å²) in [4.78, 5) is 28.5. The minimum absolute atomic E-state index is 0.255. The van der Waals surface area contributed by atoms with Gasteiger partial charge in [-0.15, -0.1) is 0 Å². The van der Waals surface area contributed by atoms with Crippen LogP contribution in [0.25, 0.3) is 6.08 Å². The van der Waals surface area contributed by atoms with E-state index in [4.69, 9.17) is 0 Å². The molecule has 0 radical (unpaired) electrons. The number of rotatable bonds is 2. The summed E-state index contributed by atoms with van der Waals surface area (Å²) in [6.07, 6.45) is 1.76. The molecule has 1 N–H and O–H groups in total. The molecule has 0 aliphatic carbocycles. The number of thioether (sulfide) groups is 1. The van der Waals surface area contributed by atoms with Crippen LogP contribution in [0.3, 0.4) is 0 Å². The van der Waals surface area contributed by atoms with E-state index in [9.17, 15) is 9.59 Å². The van der Waals surface area contributed by atoms with Crippen molar-refractivity contribution in [1.29, 1.82) is 0 Å². The van der Waals surface area contributed by atoms with Crippen molar-refractivity contribution in [3.05, 3.63) is 75.1 Å². The van der Waals surface area contributed by atoms with Crippen molar-refractivity contribution in [3.63, 3.8) is 0 Å². The number of amides is 2. The van der Waals surface area contributed by atoms with E-state index in [2.05, 4.69) is 26.2 Å². The molecular weight excluding hydrogens is 376 g/mol. The number of benzene rings is 2. The molecule has 6 heteroatoms. The first-order valence-electron chi connectivity index (χ1n) is 6.76. The van der Waals surface area contributed by atoms with Gasteiger partial charge in [0.15, 0.2) is 5.17 Å². The van der Waals surface area contributed by atoms with Gasteiger partial charge in [0.25, 0.3) is 11.8 Å². The Bertz CT molecular complexity index is 831. The highest BCUT2D eigenvalue weighted by Gasteiger charge is 2.24. The fourth-order valence-electron chi connectivity index (χ4n) is 1.97. The van der Waals surface area contributed by atoms with E-state index in [-0.39, 0.29) is 11.8 Å². The molecule has 2 aromatic carbocycles. The third-order valence-electron chi connectivity index (χ3n) is 3.02. The number of nitrogens with one attached hydrogen (secondary N) is 1. The third kappa shape index (κ3) is 3.97. The molecule has 114 valence electrons. The van der Waals surface area contributed by atoms with Gasteiger partial charge < -0.3 is 5.32 Å². The molecule has 1 heterocycles. The molecule has 0 bridgehead atoms. The number of amidine groups is 1. The van der Waals surface area contributed by atoms with Gasteiger partial charge in [0.05, 0.1) is 4.91 Å². The molecule has 4 nitrogen and oxygen atoms in total. The minimum Gasteiger partial charge on any atom is -0.300 e. The first-order valence-corrected chi connectivity index (χ1v) is 8.37. The number of carbonyl (C=O) groups excluding carboxylic acids is 2. The lowest BCUT2D eigenvalue weighted by Gasteiger charge is -1.96. The summed E-state index contributed by atoms with van der Waals surface area (Å²) < 4.78 is 0.934. The van der Waals surface area contributed by atoms with E-state index in [0.29, 0.717) is 15.6 Å². The summed E-state index contributed by atoms with van der Waals surface area (Å²) in [5.41, 5.74) is 1.38. The van der Waals surface area contributed by atoms with E-state index in [1.807, 2.05) is 30.3 Å². The fourth-order valence-corrected chi connectivity index (χ4v) is 3.20. The zero-order valence-corrected chi connectivity index (χ0v) is 14.2. The largest absolute Gasteiger partial charge is 0.300 e. The molecule has 3 rings (SSSR count). The Balaban J connectivity index is 1.80. The van der Waals surface area contributed by atoms with Crippen LogP contribution in [-0.2, 0) is 4.79 Å². The van der Waals surface area contributed by atoms with Crippen molar-refractivity contribution in [2.45, 2.75) is 0 Å². The highest BCUT2D eigenvalue weighted by atomic mass is 79.9. The first kappa shape index (κ1) is 15.7. The van der Waals surface area contributed by atoms with Crippen LogP contribution < -0.4 is 5.32 Å². The van der Waals surface area contributed by atoms with Gasteiger partial charge in [-0.05, 0) is 47.7 Å². The van der Waals surface area contributed by atoms with Crippen molar-refractivity contribution >= 4 is 50.7 Å². The number of hydrogen-bond acceptors (Lipinski definition) is 3. The van der Waals surface area contributed by atoms with E-state index < -0.39 is 0 Å². The molecule has 2 aromatic rings. The Morgan fingerprint density at radius 2 is 1.91 bits per heavy atom. The normalized spacial score (nSPS) is 17.5. The van der Waals surface area contributed by atoms with Gasteiger partial charge in [-0.3, -0.25) is 9.59 Å². The Kier molecular flexibility index (Phi) is 4.73. The summed E-state index contributed by atoms with van der Waals surface area (Å²) in [5.74, 6) is -0.633. The molecule has 1 aliphatic heterocycles. The van der Waals surface area contributed by atoms with E-state index in [1.54, 1.807) is 30.3 Å². The highest BCUT2D eigenvalue weighted by molar-refractivity contribution is 9.10. The van der Waals surface area contributed by atoms with Crippen LogP contribution in [0.15, 0.2) is 69.0 Å². The van der Waals surface area contributed by atoms with E-state index in [1.165, 1.54) is 0 Å². The van der Waals surface area contributed by atoms with Crippen LogP contribution in [0, 0.1) is 0 Å². The van der Waals surface area contributed by atoms with Crippen LogP contribution in [0.2, 0.25) is 0 Å². The average molecular weight is 387 g/mol. The standard InChI is InChI=1S/C17H11BrN2O2S/c18-13-8-4-5-11(9-13)10-14-16(22)20-17(23-14)19-15(21)12-6-2-1-3-7-12/h1-10H,(H,19,20,21,22)/b14-10-. The second-order valence-electron chi connectivity index (χ2n) is 4.71. The molecule has 0 unspecified atom stereocenters. The minimum atomic E-state index is -0.378. The lowest BCUT2D eigenvalue weighted by Crippen LogP contribution is -2.20. The Hall–Kier alpha value is -2.18. The molecular formula is C17H11BrN2O2S. The summed E-state index contributed by atoms with van der Waals surface area (Å²) >= 11 is 4.55. The zero-order valence-electron chi connectivity index (χ0n) is 11.8. The molecule has 1 aliphatic rings. The molecule has 23 heavy (non-hydrogen) atoms. The van der Waals surface area contributed by atoms with Crippen LogP contribution in [0.1, 0.15) is 15.9 Å². The quantitative estimate of drug-likeness (QED) is 0.797. The van der Waals surface area contributed by atoms with Gasteiger partial charge in [0.2, 0.25) is 0 Å². The lowest BCUT2D eigenvalue weighted by molar-refractivity contribution is -0.115. The summed E-state index contributed by atoms with van der Waals surface area (Å²) in [6, 6.07) is 16.4. The van der Waals surface area contributed by atoms with Crippen LogP contribution >= 0.6 is 27.7 Å². The topological polar surface area (TPSA) is 58.5 Å². The highest BCUT2D eigenvalue weighted by Crippen LogP contribution is 2.27. The van der Waals surface area contributed by atoms with Crippen molar-refractivity contribution < 1.29 is 9.59 Å². The number of hydrogen-bond donors (Lipinski definition) is 1. The van der Waals surface area contributed by atoms with Gasteiger partial charge in [-0.2, -0.15) is 4.99 Å². The third-order valence-corrected chi connectivity index (χ3v) is 4.42. The van der Waals surface area contributed by atoms with Crippen LogP contribution in [-0.4, -0.2) is 17.0 Å². The smallest absolute Gasteiger partial charge is 0.279 e. The maximum absolute atomic E-state index is 12.0. The fraction of sp³-hybridized carbons (Fsp3) is 0. The predicted molar refractivity (Wildman–Crippen MR) is 96.1 cm³/mol. The summed E-state index contributed by atoms with van der Waals surface area (Å²) in [5, 5.41) is 2.91. The number of halogens is 1. The van der Waals surface area contributed by atoms with Gasteiger partial charge in [-0.1, -0.05) is 46.3 Å². The van der Waals surface area contributed by atoms with Crippen molar-refractivity contribution in [2.75, 3.05) is 0 Å². The lowest BCUT2D eigenvalue weighted by atomic mass is 10.2. The zero-order chi connectivity index (χ0) is 16.2. The second-order valence-corrected chi connectivity index (χ2v) is 6.65. The van der Waals surface area contributed by atoms with Gasteiger partial charge in [0.1, 0.15) is 0 Å². The van der Waals surface area contributed by atoms with Crippen molar-refractivity contribution in [1.82, 2.24) is 5.32 Å². The maximum atomic E-state index is 12.0. The van der Waals surface area contributed by atoms with Crippen LogP contribution in [0.5, 0.6) is 0 Å². The molecule has 0 aromatic heterocycles. The molecule has 1 fully saturated rings. The van der Waals surface area contributed by atoms with E-state index in [0.717, 1.165) is 21.8 Å². The maximum Gasteiger partial charge on any atom is 0.279 e. The van der Waals surface area contributed by atoms with E-state index >= 15 is 0 Å². The number of carbonyl (C=O) groups is 2. The molecule has 1 saturated heterocycles. The Morgan fingerprint density at radius 1 is 1.13 bits per heavy atom. The Labute approximate surface area is 145 Å². The molecule has 0 spiro atoms. The monoisotopic (exact) mass is 386 g/mol. The van der Waals surface area contributed by atoms with Gasteiger partial charge in [0, 0.05) is 10.0 Å².